The van der Waals surface area contributed by atoms with Crippen LogP contribution in [-0.2, 0) is 0 Å². The fourth-order valence-corrected chi connectivity index (χ4v) is 1.00. The number of rotatable bonds is 1. The van der Waals surface area contributed by atoms with E-state index in [2.05, 4.69) is 0 Å². The molecule has 11 heavy (non-hydrogen) atoms. The molecule has 0 aliphatic heterocycles. The Bertz CT molecular complexity index is 238. The highest BCUT2D eigenvalue weighted by Gasteiger charge is 2.06. The van der Waals surface area contributed by atoms with Gasteiger partial charge in [0.2, 0.25) is 0 Å². The molecule has 0 spiro atoms. The maximum absolute atomic E-state index is 13.0. The summed E-state index contributed by atoms with van der Waals surface area (Å²) in [4.78, 5) is 1.66. The second-order valence-electron chi connectivity index (χ2n) is 2.57. The monoisotopic (exact) mass is 154 g/mol. The van der Waals surface area contributed by atoms with Gasteiger partial charge in [-0.05, 0) is 12.1 Å². The predicted octanol–water partition coefficient (Wildman–Crippen LogP) is 1.47. The molecule has 0 saturated carbocycles. The lowest BCUT2D eigenvalue weighted by molar-refractivity contribution is 0.627. The Labute approximate surface area is 65.4 Å². The first-order chi connectivity index (χ1) is 5.13. The SMILES string of the molecule is CN(C)c1c(N)cccc1F. The second-order valence-corrected chi connectivity index (χ2v) is 2.57. The van der Waals surface area contributed by atoms with Gasteiger partial charge in [0.1, 0.15) is 5.82 Å². The minimum Gasteiger partial charge on any atom is -0.397 e. The largest absolute Gasteiger partial charge is 0.397 e. The number of nitrogen functional groups attached to an aromatic ring is 1. The quantitative estimate of drug-likeness (QED) is 0.621. The molecule has 60 valence electrons. The van der Waals surface area contributed by atoms with Gasteiger partial charge >= 0.3 is 0 Å². The molecule has 0 heterocycles. The van der Waals surface area contributed by atoms with Crippen molar-refractivity contribution in [2.24, 2.45) is 0 Å². The van der Waals surface area contributed by atoms with Crippen molar-refractivity contribution >= 4 is 11.4 Å². The van der Waals surface area contributed by atoms with Gasteiger partial charge in [0, 0.05) is 14.1 Å². The fourth-order valence-electron chi connectivity index (χ4n) is 1.00. The van der Waals surface area contributed by atoms with Crippen LogP contribution < -0.4 is 10.6 Å². The van der Waals surface area contributed by atoms with E-state index in [1.807, 2.05) is 0 Å². The topological polar surface area (TPSA) is 29.3 Å². The summed E-state index contributed by atoms with van der Waals surface area (Å²) in [5.41, 5.74) is 6.46. The molecule has 0 radical (unpaired) electrons. The van der Waals surface area contributed by atoms with Crippen LogP contribution in [0.5, 0.6) is 0 Å². The van der Waals surface area contributed by atoms with Crippen LogP contribution in [0.3, 0.4) is 0 Å². The van der Waals surface area contributed by atoms with E-state index < -0.39 is 0 Å². The molecule has 0 aromatic heterocycles. The summed E-state index contributed by atoms with van der Waals surface area (Å²) in [6, 6.07) is 4.67. The molecule has 0 aliphatic rings. The van der Waals surface area contributed by atoms with Gasteiger partial charge < -0.3 is 10.6 Å². The summed E-state index contributed by atoms with van der Waals surface area (Å²) in [5, 5.41) is 0. The van der Waals surface area contributed by atoms with Crippen LogP contribution in [0.2, 0.25) is 0 Å². The summed E-state index contributed by atoms with van der Waals surface area (Å²) in [6.45, 7) is 0. The standard InChI is InChI=1S/C8H11FN2/c1-11(2)8-6(9)4-3-5-7(8)10/h3-5H,10H2,1-2H3. The Kier molecular flexibility index (Phi) is 1.98. The minimum atomic E-state index is -0.282. The molecule has 0 saturated heterocycles. The van der Waals surface area contributed by atoms with Crippen molar-refractivity contribution < 1.29 is 4.39 Å². The van der Waals surface area contributed by atoms with Crippen molar-refractivity contribution in [3.63, 3.8) is 0 Å². The summed E-state index contributed by atoms with van der Waals surface area (Å²) in [5.74, 6) is -0.282. The third-order valence-corrected chi connectivity index (χ3v) is 1.47. The third kappa shape index (κ3) is 1.42. The van der Waals surface area contributed by atoms with E-state index in [0.717, 1.165) is 0 Å². The van der Waals surface area contributed by atoms with Gasteiger partial charge in [-0.3, -0.25) is 0 Å². The van der Waals surface area contributed by atoms with Crippen LogP contribution in [0.1, 0.15) is 0 Å². The molecule has 2 N–H and O–H groups in total. The fraction of sp³-hybridized carbons (Fsp3) is 0.250. The number of halogens is 1. The van der Waals surface area contributed by atoms with Crippen molar-refractivity contribution in [3.05, 3.63) is 24.0 Å². The number of nitrogens with zero attached hydrogens (tertiary/aromatic N) is 1. The summed E-state index contributed by atoms with van der Waals surface area (Å²) in [6.07, 6.45) is 0. The van der Waals surface area contributed by atoms with Crippen molar-refractivity contribution in [3.8, 4) is 0 Å². The zero-order chi connectivity index (χ0) is 8.43. The van der Waals surface area contributed by atoms with E-state index in [1.165, 1.54) is 6.07 Å². The highest BCUT2D eigenvalue weighted by molar-refractivity contribution is 5.67. The maximum atomic E-state index is 13.0. The minimum absolute atomic E-state index is 0.282. The first-order valence-electron chi connectivity index (χ1n) is 3.34. The normalized spacial score (nSPS) is 9.73. The molecule has 1 aromatic rings. The summed E-state index contributed by atoms with van der Waals surface area (Å²) in [7, 11) is 3.52. The summed E-state index contributed by atoms with van der Waals surface area (Å²) < 4.78 is 13.0. The average Bonchev–Trinajstić information content (AvgIpc) is 1.85. The molecule has 0 unspecified atom stereocenters. The van der Waals surface area contributed by atoms with Crippen LogP contribution in [0.15, 0.2) is 18.2 Å². The van der Waals surface area contributed by atoms with E-state index in [9.17, 15) is 4.39 Å². The Balaban J connectivity index is 3.21. The zero-order valence-corrected chi connectivity index (χ0v) is 6.63. The van der Waals surface area contributed by atoms with Crippen molar-refractivity contribution in [2.75, 3.05) is 24.7 Å². The molecule has 0 aliphatic carbocycles. The van der Waals surface area contributed by atoms with E-state index in [1.54, 1.807) is 31.1 Å². The highest BCUT2D eigenvalue weighted by Crippen LogP contribution is 2.23. The van der Waals surface area contributed by atoms with Crippen LogP contribution >= 0.6 is 0 Å². The van der Waals surface area contributed by atoms with Crippen LogP contribution in [0, 0.1) is 5.82 Å². The highest BCUT2D eigenvalue weighted by atomic mass is 19.1. The van der Waals surface area contributed by atoms with Gasteiger partial charge in [-0.1, -0.05) is 6.07 Å². The van der Waals surface area contributed by atoms with Crippen molar-refractivity contribution in [2.45, 2.75) is 0 Å². The lowest BCUT2D eigenvalue weighted by atomic mass is 10.2. The maximum Gasteiger partial charge on any atom is 0.148 e. The molecular weight excluding hydrogens is 143 g/mol. The second kappa shape index (κ2) is 2.78. The van der Waals surface area contributed by atoms with Gasteiger partial charge in [0.25, 0.3) is 0 Å². The van der Waals surface area contributed by atoms with Crippen molar-refractivity contribution in [1.29, 1.82) is 0 Å². The van der Waals surface area contributed by atoms with Gasteiger partial charge in [-0.25, -0.2) is 4.39 Å². The molecule has 3 heteroatoms. The zero-order valence-electron chi connectivity index (χ0n) is 6.63. The number of hydrogen-bond donors (Lipinski definition) is 1. The van der Waals surface area contributed by atoms with Crippen LogP contribution in [-0.4, -0.2) is 14.1 Å². The lowest BCUT2D eigenvalue weighted by Gasteiger charge is -2.15. The first kappa shape index (κ1) is 7.85. The number of hydrogen-bond acceptors (Lipinski definition) is 2. The molecule has 1 rings (SSSR count). The Morgan fingerprint density at radius 3 is 2.36 bits per heavy atom. The molecule has 2 nitrogen and oxygen atoms in total. The summed E-state index contributed by atoms with van der Waals surface area (Å²) >= 11 is 0. The first-order valence-corrected chi connectivity index (χ1v) is 3.34. The number of benzene rings is 1. The van der Waals surface area contributed by atoms with Gasteiger partial charge in [0.15, 0.2) is 0 Å². The Morgan fingerprint density at radius 2 is 2.00 bits per heavy atom. The van der Waals surface area contributed by atoms with E-state index in [-0.39, 0.29) is 5.82 Å². The average molecular weight is 154 g/mol. The van der Waals surface area contributed by atoms with E-state index in [4.69, 9.17) is 5.73 Å². The number of nitrogens with two attached hydrogens (primary N) is 1. The van der Waals surface area contributed by atoms with Crippen molar-refractivity contribution in [1.82, 2.24) is 0 Å². The smallest absolute Gasteiger partial charge is 0.148 e. The predicted molar refractivity (Wildman–Crippen MR) is 45.1 cm³/mol. The van der Waals surface area contributed by atoms with E-state index in [0.29, 0.717) is 11.4 Å². The Morgan fingerprint density at radius 1 is 1.36 bits per heavy atom. The molecule has 0 fully saturated rings. The lowest BCUT2D eigenvalue weighted by Crippen LogP contribution is -2.12. The molecule has 0 amide bonds. The third-order valence-electron chi connectivity index (χ3n) is 1.47. The number of para-hydroxylation sites is 1. The molecule has 0 bridgehead atoms. The Hall–Kier alpha value is -1.25. The number of anilines is 2. The van der Waals surface area contributed by atoms with Crippen LogP contribution in [0.4, 0.5) is 15.8 Å². The van der Waals surface area contributed by atoms with Gasteiger partial charge in [-0.15, -0.1) is 0 Å². The van der Waals surface area contributed by atoms with Crippen LogP contribution in [0.25, 0.3) is 0 Å². The van der Waals surface area contributed by atoms with Gasteiger partial charge in [-0.2, -0.15) is 0 Å². The van der Waals surface area contributed by atoms with Gasteiger partial charge in [0.05, 0.1) is 11.4 Å². The molecular formula is C8H11FN2. The molecule has 0 atom stereocenters. The molecule has 1 aromatic carbocycles. The van der Waals surface area contributed by atoms with E-state index >= 15 is 0 Å².